The highest BCUT2D eigenvalue weighted by molar-refractivity contribution is 5.53. The summed E-state index contributed by atoms with van der Waals surface area (Å²) in [7, 11) is 0. The summed E-state index contributed by atoms with van der Waals surface area (Å²) in [6.07, 6.45) is 1.57. The van der Waals surface area contributed by atoms with E-state index in [4.69, 9.17) is 14.9 Å². The van der Waals surface area contributed by atoms with E-state index >= 15 is 0 Å². The highest BCUT2D eigenvalue weighted by Crippen LogP contribution is 2.19. The van der Waals surface area contributed by atoms with Crippen molar-refractivity contribution in [3.8, 4) is 5.75 Å². The zero-order valence-electron chi connectivity index (χ0n) is 10.9. The van der Waals surface area contributed by atoms with Crippen LogP contribution in [0.5, 0.6) is 5.75 Å². The van der Waals surface area contributed by atoms with E-state index in [9.17, 15) is 0 Å². The molecule has 6 nitrogen and oxygen atoms in total. The predicted octanol–water partition coefficient (Wildman–Crippen LogP) is 2.10. The van der Waals surface area contributed by atoms with E-state index in [1.807, 2.05) is 24.3 Å². The van der Waals surface area contributed by atoms with Crippen molar-refractivity contribution in [3.05, 3.63) is 30.2 Å². The quantitative estimate of drug-likeness (QED) is 0.794. The third-order valence-electron chi connectivity index (χ3n) is 2.40. The Morgan fingerprint density at radius 3 is 2.74 bits per heavy atom. The van der Waals surface area contributed by atoms with E-state index < -0.39 is 0 Å². The van der Waals surface area contributed by atoms with Crippen molar-refractivity contribution < 1.29 is 9.15 Å². The van der Waals surface area contributed by atoms with Gasteiger partial charge >= 0.3 is 6.01 Å². The highest BCUT2D eigenvalue weighted by Gasteiger charge is 2.05. The van der Waals surface area contributed by atoms with Crippen LogP contribution >= 0.6 is 0 Å². The molecule has 0 saturated heterocycles. The first kappa shape index (κ1) is 13.4. The summed E-state index contributed by atoms with van der Waals surface area (Å²) in [6.45, 7) is 3.29. The van der Waals surface area contributed by atoms with Crippen molar-refractivity contribution in [3.63, 3.8) is 0 Å². The van der Waals surface area contributed by atoms with Gasteiger partial charge in [0.15, 0.2) is 0 Å². The van der Waals surface area contributed by atoms with E-state index in [-0.39, 0.29) is 0 Å². The molecule has 102 valence electrons. The number of hydrogen-bond donors (Lipinski definition) is 2. The molecule has 0 radical (unpaired) electrons. The summed E-state index contributed by atoms with van der Waals surface area (Å²) in [5.41, 5.74) is 6.28. The second kappa shape index (κ2) is 6.75. The van der Waals surface area contributed by atoms with Crippen molar-refractivity contribution in [1.29, 1.82) is 0 Å². The summed E-state index contributed by atoms with van der Waals surface area (Å²) in [5, 5.41) is 10.8. The van der Waals surface area contributed by atoms with E-state index in [1.165, 1.54) is 0 Å². The molecule has 2 aromatic rings. The maximum absolute atomic E-state index is 5.50. The van der Waals surface area contributed by atoms with Gasteiger partial charge in [0.05, 0.1) is 6.61 Å². The molecule has 0 saturated carbocycles. The van der Waals surface area contributed by atoms with E-state index in [2.05, 4.69) is 22.4 Å². The molecule has 1 aromatic heterocycles. The second-order valence-electron chi connectivity index (χ2n) is 4.04. The Hall–Kier alpha value is -2.08. The lowest BCUT2D eigenvalue weighted by Gasteiger charge is -2.05. The first-order chi connectivity index (χ1) is 9.31. The SMILES string of the molecule is CCCOc1ccc(Nc2nnc(CCN)o2)cc1. The molecule has 0 fully saturated rings. The number of aromatic nitrogens is 2. The number of ether oxygens (including phenoxy) is 1. The minimum Gasteiger partial charge on any atom is -0.494 e. The fourth-order valence-corrected chi connectivity index (χ4v) is 1.51. The van der Waals surface area contributed by atoms with E-state index in [0.717, 1.165) is 24.5 Å². The summed E-state index contributed by atoms with van der Waals surface area (Å²) >= 11 is 0. The Morgan fingerprint density at radius 2 is 2.05 bits per heavy atom. The summed E-state index contributed by atoms with van der Waals surface area (Å²) in [5.74, 6) is 1.38. The minimum absolute atomic E-state index is 0.366. The van der Waals surface area contributed by atoms with Gasteiger partial charge in [-0.05, 0) is 30.7 Å². The molecule has 2 rings (SSSR count). The molecule has 0 aliphatic carbocycles. The highest BCUT2D eigenvalue weighted by atomic mass is 16.5. The molecule has 0 atom stereocenters. The Balaban J connectivity index is 1.94. The average Bonchev–Trinajstić information content (AvgIpc) is 2.86. The normalized spacial score (nSPS) is 10.4. The third-order valence-corrected chi connectivity index (χ3v) is 2.40. The van der Waals surface area contributed by atoms with Crippen LogP contribution in [-0.2, 0) is 6.42 Å². The first-order valence-corrected chi connectivity index (χ1v) is 6.34. The van der Waals surface area contributed by atoms with Crippen LogP contribution in [0.4, 0.5) is 11.7 Å². The van der Waals surface area contributed by atoms with Gasteiger partial charge < -0.3 is 20.2 Å². The molecule has 1 heterocycles. The van der Waals surface area contributed by atoms with Gasteiger partial charge in [-0.3, -0.25) is 0 Å². The van der Waals surface area contributed by atoms with Gasteiger partial charge in [0.25, 0.3) is 0 Å². The van der Waals surface area contributed by atoms with Gasteiger partial charge in [-0.25, -0.2) is 0 Å². The van der Waals surface area contributed by atoms with E-state index in [1.54, 1.807) is 0 Å². The van der Waals surface area contributed by atoms with E-state index in [0.29, 0.717) is 24.9 Å². The third kappa shape index (κ3) is 3.96. The maximum atomic E-state index is 5.50. The fourth-order valence-electron chi connectivity index (χ4n) is 1.51. The lowest BCUT2D eigenvalue weighted by Crippen LogP contribution is -2.02. The molecule has 0 spiro atoms. The number of anilines is 2. The summed E-state index contributed by atoms with van der Waals surface area (Å²) < 4.78 is 10.9. The van der Waals surface area contributed by atoms with Crippen LogP contribution < -0.4 is 15.8 Å². The number of hydrogen-bond acceptors (Lipinski definition) is 6. The average molecular weight is 262 g/mol. The number of nitrogens with zero attached hydrogens (tertiary/aromatic N) is 2. The van der Waals surface area contributed by atoms with Crippen LogP contribution in [0.1, 0.15) is 19.2 Å². The topological polar surface area (TPSA) is 86.2 Å². The number of nitrogens with two attached hydrogens (primary N) is 1. The minimum atomic E-state index is 0.366. The van der Waals surface area contributed by atoms with Crippen molar-refractivity contribution >= 4 is 11.7 Å². The van der Waals surface area contributed by atoms with Crippen LogP contribution in [0, 0.1) is 0 Å². The van der Waals surface area contributed by atoms with Crippen molar-refractivity contribution in [2.45, 2.75) is 19.8 Å². The van der Waals surface area contributed by atoms with Crippen molar-refractivity contribution in [2.24, 2.45) is 5.73 Å². The number of rotatable bonds is 7. The van der Waals surface area contributed by atoms with Crippen LogP contribution in [0.25, 0.3) is 0 Å². The standard InChI is InChI=1S/C13H18N4O2/c1-2-9-18-11-5-3-10(4-6-11)15-13-17-16-12(19-13)7-8-14/h3-6H,2,7-9,14H2,1H3,(H,15,17). The largest absolute Gasteiger partial charge is 0.494 e. The Bertz CT molecular complexity index is 496. The van der Waals surface area contributed by atoms with Gasteiger partial charge in [0.2, 0.25) is 5.89 Å². The number of benzene rings is 1. The predicted molar refractivity (Wildman–Crippen MR) is 72.6 cm³/mol. The van der Waals surface area contributed by atoms with Gasteiger partial charge in [-0.2, -0.15) is 0 Å². The van der Waals surface area contributed by atoms with Crippen molar-refractivity contribution in [2.75, 3.05) is 18.5 Å². The zero-order chi connectivity index (χ0) is 13.5. The zero-order valence-corrected chi connectivity index (χ0v) is 10.9. The molecule has 3 N–H and O–H groups in total. The molecule has 1 aromatic carbocycles. The Morgan fingerprint density at radius 1 is 1.26 bits per heavy atom. The lowest BCUT2D eigenvalue weighted by atomic mass is 10.3. The fraction of sp³-hybridized carbons (Fsp3) is 0.385. The van der Waals surface area contributed by atoms with Crippen LogP contribution in [0.3, 0.4) is 0 Å². The van der Waals surface area contributed by atoms with Gasteiger partial charge in [-0.15, -0.1) is 5.10 Å². The van der Waals surface area contributed by atoms with Gasteiger partial charge in [0, 0.05) is 18.7 Å². The Labute approximate surface area is 112 Å². The molecular formula is C13H18N4O2. The summed E-state index contributed by atoms with van der Waals surface area (Å²) in [6, 6.07) is 7.96. The van der Waals surface area contributed by atoms with Gasteiger partial charge in [-0.1, -0.05) is 12.0 Å². The molecule has 0 unspecified atom stereocenters. The first-order valence-electron chi connectivity index (χ1n) is 6.34. The van der Waals surface area contributed by atoms with Crippen molar-refractivity contribution in [1.82, 2.24) is 10.2 Å². The molecule has 19 heavy (non-hydrogen) atoms. The molecule has 0 aliphatic heterocycles. The molecule has 0 bridgehead atoms. The lowest BCUT2D eigenvalue weighted by molar-refractivity contribution is 0.317. The van der Waals surface area contributed by atoms with Crippen LogP contribution in [-0.4, -0.2) is 23.3 Å². The molecule has 0 aliphatic rings. The number of nitrogens with one attached hydrogen (secondary N) is 1. The smallest absolute Gasteiger partial charge is 0.320 e. The second-order valence-corrected chi connectivity index (χ2v) is 4.04. The monoisotopic (exact) mass is 262 g/mol. The molecular weight excluding hydrogens is 244 g/mol. The van der Waals surface area contributed by atoms with Gasteiger partial charge in [0.1, 0.15) is 5.75 Å². The molecule has 0 amide bonds. The molecule has 6 heteroatoms. The maximum Gasteiger partial charge on any atom is 0.320 e. The van der Waals surface area contributed by atoms with Crippen LogP contribution in [0.15, 0.2) is 28.7 Å². The summed E-state index contributed by atoms with van der Waals surface area (Å²) in [4.78, 5) is 0. The van der Waals surface area contributed by atoms with Crippen LogP contribution in [0.2, 0.25) is 0 Å². The Kier molecular flexibility index (Phi) is 4.74.